The molecule has 0 radical (unpaired) electrons. The van der Waals surface area contributed by atoms with Gasteiger partial charge in [0.25, 0.3) is 5.91 Å². The summed E-state index contributed by atoms with van der Waals surface area (Å²) in [7, 11) is 0. The van der Waals surface area contributed by atoms with Crippen LogP contribution in [0.2, 0.25) is 0 Å². The third kappa shape index (κ3) is 7.94. The van der Waals surface area contributed by atoms with Gasteiger partial charge in [0.15, 0.2) is 5.78 Å². The van der Waals surface area contributed by atoms with Gasteiger partial charge in [-0.3, -0.25) is 19.2 Å². The van der Waals surface area contributed by atoms with E-state index in [-0.39, 0.29) is 25.0 Å². The highest BCUT2D eigenvalue weighted by Crippen LogP contribution is 2.29. The van der Waals surface area contributed by atoms with E-state index in [9.17, 15) is 19.2 Å². The maximum atomic E-state index is 12.9. The SMILES string of the molecule is Cc1ncc(C(=O)N[C@@H](COC(C)C)C(=O)NCC(=O)N[C@@H](Cc2ccccc2)C(=O)[C@@]2(C)CO2)s1. The zero-order valence-corrected chi connectivity index (χ0v) is 21.6. The lowest BCUT2D eigenvalue weighted by Gasteiger charge is -2.21. The molecule has 1 aliphatic heterocycles. The van der Waals surface area contributed by atoms with Crippen LogP contribution in [0.3, 0.4) is 0 Å². The number of thiazole rings is 1. The second-order valence-electron chi connectivity index (χ2n) is 9.06. The molecule has 0 spiro atoms. The van der Waals surface area contributed by atoms with Crippen LogP contribution >= 0.6 is 11.3 Å². The lowest BCUT2D eigenvalue weighted by atomic mass is 9.95. The van der Waals surface area contributed by atoms with Crippen molar-refractivity contribution in [2.24, 2.45) is 0 Å². The quantitative estimate of drug-likeness (QED) is 0.340. The number of nitrogens with zero attached hydrogens (tertiary/aromatic N) is 1. The zero-order chi connectivity index (χ0) is 26.3. The molecule has 1 aromatic heterocycles. The van der Waals surface area contributed by atoms with Crippen molar-refractivity contribution in [2.45, 2.75) is 57.9 Å². The van der Waals surface area contributed by atoms with Crippen LogP contribution in [0.25, 0.3) is 0 Å². The van der Waals surface area contributed by atoms with Gasteiger partial charge in [-0.2, -0.15) is 0 Å². The topological polar surface area (TPSA) is 139 Å². The first-order valence-corrected chi connectivity index (χ1v) is 12.5. The van der Waals surface area contributed by atoms with E-state index in [1.807, 2.05) is 44.2 Å². The minimum Gasteiger partial charge on any atom is -0.376 e. The molecule has 2 heterocycles. The minimum absolute atomic E-state index is 0.0700. The molecule has 3 rings (SSSR count). The molecule has 0 saturated carbocycles. The molecule has 36 heavy (non-hydrogen) atoms. The Kier molecular flexibility index (Phi) is 9.30. The monoisotopic (exact) mass is 516 g/mol. The van der Waals surface area contributed by atoms with Gasteiger partial charge in [-0.05, 0) is 39.7 Å². The van der Waals surface area contributed by atoms with Crippen molar-refractivity contribution in [2.75, 3.05) is 19.8 Å². The largest absolute Gasteiger partial charge is 0.376 e. The summed E-state index contributed by atoms with van der Waals surface area (Å²) >= 11 is 1.21. The van der Waals surface area contributed by atoms with E-state index >= 15 is 0 Å². The zero-order valence-electron chi connectivity index (χ0n) is 20.8. The van der Waals surface area contributed by atoms with E-state index in [1.54, 1.807) is 13.8 Å². The number of epoxide rings is 1. The summed E-state index contributed by atoms with van der Waals surface area (Å²) in [4.78, 5) is 55.4. The highest BCUT2D eigenvalue weighted by Gasteiger charge is 2.50. The van der Waals surface area contributed by atoms with Crippen LogP contribution in [-0.4, -0.2) is 72.0 Å². The number of Topliss-reactive ketones (excluding diaryl/α,β-unsaturated/α-hetero) is 1. The predicted octanol–water partition coefficient (Wildman–Crippen LogP) is 1.18. The van der Waals surface area contributed by atoms with Crippen LogP contribution in [0.15, 0.2) is 36.5 Å². The molecule has 10 nitrogen and oxygen atoms in total. The van der Waals surface area contributed by atoms with Gasteiger partial charge in [-0.15, -0.1) is 11.3 Å². The van der Waals surface area contributed by atoms with E-state index in [1.165, 1.54) is 17.5 Å². The first-order chi connectivity index (χ1) is 17.1. The Balaban J connectivity index is 1.59. The molecular weight excluding hydrogens is 484 g/mol. The molecule has 1 aliphatic rings. The number of hydrogen-bond donors (Lipinski definition) is 3. The summed E-state index contributed by atoms with van der Waals surface area (Å²) in [6, 6.07) is 7.50. The first-order valence-electron chi connectivity index (χ1n) is 11.7. The summed E-state index contributed by atoms with van der Waals surface area (Å²) in [6.45, 7) is 6.95. The minimum atomic E-state index is -1.02. The van der Waals surface area contributed by atoms with E-state index < -0.39 is 35.4 Å². The van der Waals surface area contributed by atoms with Crippen molar-refractivity contribution in [3.63, 3.8) is 0 Å². The Morgan fingerprint density at radius 3 is 2.42 bits per heavy atom. The van der Waals surface area contributed by atoms with Gasteiger partial charge >= 0.3 is 0 Å². The molecule has 1 aromatic carbocycles. The number of carbonyl (C=O) groups is 4. The summed E-state index contributed by atoms with van der Waals surface area (Å²) < 4.78 is 10.8. The molecule has 3 N–H and O–H groups in total. The maximum absolute atomic E-state index is 12.9. The molecule has 1 saturated heterocycles. The van der Waals surface area contributed by atoms with E-state index in [0.29, 0.717) is 17.9 Å². The normalized spacial score (nSPS) is 18.2. The van der Waals surface area contributed by atoms with Gasteiger partial charge in [0, 0.05) is 0 Å². The van der Waals surface area contributed by atoms with Gasteiger partial charge in [0.2, 0.25) is 11.8 Å². The molecule has 3 amide bonds. The summed E-state index contributed by atoms with van der Waals surface area (Å²) in [5.74, 6) is -1.79. The first kappa shape index (κ1) is 27.4. The number of amides is 3. The fraction of sp³-hybridized carbons (Fsp3) is 0.480. The highest BCUT2D eigenvalue weighted by atomic mass is 32.1. The number of rotatable bonds is 13. The van der Waals surface area contributed by atoms with Crippen molar-refractivity contribution in [3.05, 3.63) is 52.0 Å². The highest BCUT2D eigenvalue weighted by molar-refractivity contribution is 7.13. The summed E-state index contributed by atoms with van der Waals surface area (Å²) in [6.07, 6.45) is 1.57. The maximum Gasteiger partial charge on any atom is 0.263 e. The second-order valence-corrected chi connectivity index (χ2v) is 10.3. The smallest absolute Gasteiger partial charge is 0.263 e. The number of ether oxygens (including phenoxy) is 2. The van der Waals surface area contributed by atoms with Crippen molar-refractivity contribution in [1.82, 2.24) is 20.9 Å². The Labute approximate surface area is 214 Å². The van der Waals surface area contributed by atoms with Gasteiger partial charge in [-0.1, -0.05) is 30.3 Å². The Morgan fingerprint density at radius 2 is 1.83 bits per heavy atom. The van der Waals surface area contributed by atoms with Crippen LogP contribution in [0, 0.1) is 6.92 Å². The number of ketones is 1. The molecule has 0 aliphatic carbocycles. The molecule has 1 fully saturated rings. The molecule has 194 valence electrons. The molecular formula is C25H32N4O6S. The van der Waals surface area contributed by atoms with Crippen LogP contribution in [0.1, 0.15) is 41.0 Å². The molecule has 11 heteroatoms. The standard InChI is InChI=1S/C25H32N4O6S/c1-15(2)34-13-19(29-24(33)20-11-26-16(3)36-20)23(32)27-12-21(30)28-18(22(31)25(4)14-35-25)10-17-8-6-5-7-9-17/h5-9,11,15,18-19H,10,12-14H2,1-4H3,(H,27,32)(H,28,30)(H,29,33)/t18-,19-,25+/m0/s1. The van der Waals surface area contributed by atoms with E-state index in [4.69, 9.17) is 9.47 Å². The summed E-state index contributed by atoms with van der Waals surface area (Å²) in [5, 5.41) is 8.61. The predicted molar refractivity (Wildman–Crippen MR) is 134 cm³/mol. The third-order valence-electron chi connectivity index (χ3n) is 5.52. The number of carbonyl (C=O) groups excluding carboxylic acids is 4. The van der Waals surface area contributed by atoms with Gasteiger partial charge < -0.3 is 25.4 Å². The van der Waals surface area contributed by atoms with Crippen molar-refractivity contribution < 1.29 is 28.7 Å². The van der Waals surface area contributed by atoms with Gasteiger partial charge in [0.05, 0.1) is 43.1 Å². The fourth-order valence-corrected chi connectivity index (χ4v) is 4.06. The number of hydrogen-bond acceptors (Lipinski definition) is 8. The van der Waals surface area contributed by atoms with E-state index in [2.05, 4.69) is 20.9 Å². The molecule has 0 bridgehead atoms. The van der Waals surface area contributed by atoms with Crippen LogP contribution in [-0.2, 0) is 30.3 Å². The van der Waals surface area contributed by atoms with Gasteiger partial charge in [0.1, 0.15) is 16.5 Å². The molecule has 3 atom stereocenters. The third-order valence-corrected chi connectivity index (χ3v) is 6.43. The molecule has 0 unspecified atom stereocenters. The Morgan fingerprint density at radius 1 is 1.14 bits per heavy atom. The number of aryl methyl sites for hydroxylation is 1. The van der Waals surface area contributed by atoms with E-state index in [0.717, 1.165) is 10.6 Å². The fourth-order valence-electron chi connectivity index (χ4n) is 3.38. The average molecular weight is 517 g/mol. The van der Waals surface area contributed by atoms with Crippen molar-refractivity contribution in [3.8, 4) is 0 Å². The van der Waals surface area contributed by atoms with Gasteiger partial charge in [-0.25, -0.2) is 4.98 Å². The number of nitrogens with one attached hydrogen (secondary N) is 3. The van der Waals surface area contributed by atoms with Crippen LogP contribution in [0.4, 0.5) is 0 Å². The van der Waals surface area contributed by atoms with Crippen LogP contribution in [0.5, 0.6) is 0 Å². The Bertz CT molecular complexity index is 1080. The lowest BCUT2D eigenvalue weighted by Crippen LogP contribution is -2.53. The number of benzene rings is 1. The number of aromatic nitrogens is 1. The second kappa shape index (κ2) is 12.2. The average Bonchev–Trinajstić information content (AvgIpc) is 3.45. The van der Waals surface area contributed by atoms with Crippen molar-refractivity contribution in [1.29, 1.82) is 0 Å². The van der Waals surface area contributed by atoms with Crippen LogP contribution < -0.4 is 16.0 Å². The summed E-state index contributed by atoms with van der Waals surface area (Å²) in [5.41, 5.74) is -0.0227. The molecule has 2 aromatic rings. The van der Waals surface area contributed by atoms with Crippen molar-refractivity contribution >= 4 is 34.8 Å². The Hall–Kier alpha value is -3.15. The lowest BCUT2D eigenvalue weighted by molar-refractivity contribution is -0.131.